The summed E-state index contributed by atoms with van der Waals surface area (Å²) in [7, 11) is 1.78. The SMILES string of the molecule is CN=C(NCCCc1nnc2n1CCCCC2)NCCOc1ccccc1. The molecular weight excluding hydrogens is 340 g/mol. The van der Waals surface area contributed by atoms with E-state index in [0.29, 0.717) is 13.2 Å². The molecular formula is C20H30N6O. The van der Waals surface area contributed by atoms with Crippen molar-refractivity contribution < 1.29 is 4.74 Å². The van der Waals surface area contributed by atoms with Crippen molar-refractivity contribution in [2.45, 2.75) is 45.1 Å². The van der Waals surface area contributed by atoms with Crippen molar-refractivity contribution in [1.82, 2.24) is 25.4 Å². The number of aryl methyl sites for hydroxylation is 2. The molecule has 0 unspecified atom stereocenters. The lowest BCUT2D eigenvalue weighted by Crippen LogP contribution is -2.39. The average molecular weight is 371 g/mol. The molecule has 0 saturated carbocycles. The highest BCUT2D eigenvalue weighted by Gasteiger charge is 2.14. The maximum absolute atomic E-state index is 5.68. The molecule has 0 atom stereocenters. The van der Waals surface area contributed by atoms with Gasteiger partial charge in [0.05, 0.1) is 6.54 Å². The first-order valence-electron chi connectivity index (χ1n) is 9.90. The van der Waals surface area contributed by atoms with E-state index in [2.05, 4.69) is 30.4 Å². The van der Waals surface area contributed by atoms with Gasteiger partial charge in [-0.05, 0) is 31.4 Å². The van der Waals surface area contributed by atoms with Crippen molar-refractivity contribution in [3.63, 3.8) is 0 Å². The number of benzene rings is 1. The third-order valence-electron chi connectivity index (χ3n) is 4.69. The van der Waals surface area contributed by atoms with Crippen LogP contribution in [0.15, 0.2) is 35.3 Å². The fourth-order valence-corrected chi connectivity index (χ4v) is 3.26. The second kappa shape index (κ2) is 10.5. The number of para-hydroxylation sites is 1. The molecule has 1 aliphatic heterocycles. The number of ether oxygens (including phenoxy) is 1. The van der Waals surface area contributed by atoms with Crippen LogP contribution < -0.4 is 15.4 Å². The molecule has 1 aromatic heterocycles. The summed E-state index contributed by atoms with van der Waals surface area (Å²) in [6.45, 7) is 3.21. The molecule has 1 aromatic carbocycles. The van der Waals surface area contributed by atoms with Gasteiger partial charge in [-0.1, -0.05) is 24.6 Å². The van der Waals surface area contributed by atoms with Crippen LogP contribution in [-0.4, -0.2) is 47.5 Å². The predicted octanol–water partition coefficient (Wildman–Crippen LogP) is 2.18. The van der Waals surface area contributed by atoms with Gasteiger partial charge < -0.3 is 19.9 Å². The van der Waals surface area contributed by atoms with Gasteiger partial charge in [-0.25, -0.2) is 0 Å². The first kappa shape index (κ1) is 19.2. The summed E-state index contributed by atoms with van der Waals surface area (Å²) in [6.07, 6.45) is 6.76. The molecule has 0 bridgehead atoms. The van der Waals surface area contributed by atoms with Gasteiger partial charge in [0.15, 0.2) is 5.96 Å². The van der Waals surface area contributed by atoms with E-state index in [1.54, 1.807) is 7.05 Å². The van der Waals surface area contributed by atoms with Gasteiger partial charge in [0.2, 0.25) is 0 Å². The van der Waals surface area contributed by atoms with Crippen LogP contribution in [0.1, 0.15) is 37.3 Å². The van der Waals surface area contributed by atoms with Gasteiger partial charge in [0, 0.05) is 33.0 Å². The van der Waals surface area contributed by atoms with E-state index in [1.165, 1.54) is 19.3 Å². The first-order chi connectivity index (χ1) is 13.4. The van der Waals surface area contributed by atoms with E-state index in [1.807, 2.05) is 30.3 Å². The van der Waals surface area contributed by atoms with E-state index in [-0.39, 0.29) is 0 Å². The standard InChI is InChI=1S/C20H30N6O/c1-21-20(23-14-16-27-17-9-4-2-5-10-17)22-13-8-12-19-25-24-18-11-6-3-7-15-26(18)19/h2,4-5,9-10H,3,6-8,11-16H2,1H3,(H2,21,22,23). The van der Waals surface area contributed by atoms with Gasteiger partial charge in [-0.3, -0.25) is 4.99 Å². The molecule has 1 aliphatic rings. The summed E-state index contributed by atoms with van der Waals surface area (Å²) >= 11 is 0. The molecule has 27 heavy (non-hydrogen) atoms. The van der Waals surface area contributed by atoms with E-state index in [0.717, 1.165) is 55.7 Å². The summed E-state index contributed by atoms with van der Waals surface area (Å²) in [4.78, 5) is 4.26. The Hall–Kier alpha value is -2.57. The van der Waals surface area contributed by atoms with E-state index >= 15 is 0 Å². The first-order valence-corrected chi connectivity index (χ1v) is 9.90. The Kier molecular flexibility index (Phi) is 7.50. The molecule has 2 aromatic rings. The van der Waals surface area contributed by atoms with Crippen LogP contribution in [0, 0.1) is 0 Å². The lowest BCUT2D eigenvalue weighted by molar-refractivity contribution is 0.322. The summed E-state index contributed by atoms with van der Waals surface area (Å²) in [5.74, 6) is 3.96. The van der Waals surface area contributed by atoms with Gasteiger partial charge >= 0.3 is 0 Å². The molecule has 146 valence electrons. The van der Waals surface area contributed by atoms with E-state index < -0.39 is 0 Å². The van der Waals surface area contributed by atoms with Crippen LogP contribution in [0.2, 0.25) is 0 Å². The van der Waals surface area contributed by atoms with Crippen molar-refractivity contribution in [3.8, 4) is 5.75 Å². The number of fused-ring (bicyclic) bond motifs is 1. The highest BCUT2D eigenvalue weighted by Crippen LogP contribution is 2.15. The molecule has 0 aliphatic carbocycles. The predicted molar refractivity (Wildman–Crippen MR) is 107 cm³/mol. The number of nitrogens with zero attached hydrogens (tertiary/aromatic N) is 4. The third-order valence-corrected chi connectivity index (χ3v) is 4.69. The van der Waals surface area contributed by atoms with Gasteiger partial charge in [0.25, 0.3) is 0 Å². The largest absolute Gasteiger partial charge is 0.492 e. The Morgan fingerprint density at radius 2 is 1.96 bits per heavy atom. The lowest BCUT2D eigenvalue weighted by Gasteiger charge is -2.12. The normalized spacial score (nSPS) is 14.3. The fourth-order valence-electron chi connectivity index (χ4n) is 3.26. The zero-order valence-corrected chi connectivity index (χ0v) is 16.2. The Labute approximate surface area is 161 Å². The molecule has 0 radical (unpaired) electrons. The van der Waals surface area contributed by atoms with Crippen LogP contribution in [0.4, 0.5) is 0 Å². The molecule has 7 heteroatoms. The molecule has 2 N–H and O–H groups in total. The number of hydrogen-bond acceptors (Lipinski definition) is 4. The minimum Gasteiger partial charge on any atom is -0.492 e. The summed E-state index contributed by atoms with van der Waals surface area (Å²) in [5, 5.41) is 15.4. The van der Waals surface area contributed by atoms with Gasteiger partial charge in [-0.2, -0.15) is 0 Å². The van der Waals surface area contributed by atoms with Crippen molar-refractivity contribution in [3.05, 3.63) is 42.0 Å². The quantitative estimate of drug-likeness (QED) is 0.423. The highest BCUT2D eigenvalue weighted by molar-refractivity contribution is 5.79. The van der Waals surface area contributed by atoms with Crippen LogP contribution in [0.25, 0.3) is 0 Å². The van der Waals surface area contributed by atoms with Gasteiger partial charge in [-0.15, -0.1) is 10.2 Å². The molecule has 3 rings (SSSR count). The topological polar surface area (TPSA) is 76.4 Å². The molecule has 0 saturated heterocycles. The molecule has 0 spiro atoms. The Balaban J connectivity index is 1.32. The minimum atomic E-state index is 0.594. The van der Waals surface area contributed by atoms with Crippen LogP contribution >= 0.6 is 0 Å². The number of aliphatic imine (C=N–C) groups is 1. The van der Waals surface area contributed by atoms with Crippen molar-refractivity contribution >= 4 is 5.96 Å². The van der Waals surface area contributed by atoms with Crippen LogP contribution in [0.3, 0.4) is 0 Å². The van der Waals surface area contributed by atoms with E-state index in [4.69, 9.17) is 4.74 Å². The highest BCUT2D eigenvalue weighted by atomic mass is 16.5. The smallest absolute Gasteiger partial charge is 0.191 e. The Bertz CT molecular complexity index is 713. The number of guanidine groups is 1. The Morgan fingerprint density at radius 3 is 2.81 bits per heavy atom. The summed E-state index contributed by atoms with van der Waals surface area (Å²) < 4.78 is 8.00. The maximum Gasteiger partial charge on any atom is 0.191 e. The second-order valence-electron chi connectivity index (χ2n) is 6.69. The molecule has 0 fully saturated rings. The molecule has 2 heterocycles. The maximum atomic E-state index is 5.68. The number of aromatic nitrogens is 3. The minimum absolute atomic E-state index is 0.594. The zero-order chi connectivity index (χ0) is 18.7. The molecule has 7 nitrogen and oxygen atoms in total. The Morgan fingerprint density at radius 1 is 1.11 bits per heavy atom. The summed E-state index contributed by atoms with van der Waals surface area (Å²) in [5.41, 5.74) is 0. The van der Waals surface area contributed by atoms with Crippen molar-refractivity contribution in [1.29, 1.82) is 0 Å². The number of rotatable bonds is 8. The molecule has 0 amide bonds. The van der Waals surface area contributed by atoms with Crippen LogP contribution in [-0.2, 0) is 19.4 Å². The average Bonchev–Trinajstić information content (AvgIpc) is 2.93. The second-order valence-corrected chi connectivity index (χ2v) is 6.69. The number of hydrogen-bond donors (Lipinski definition) is 2. The monoisotopic (exact) mass is 370 g/mol. The summed E-state index contributed by atoms with van der Waals surface area (Å²) in [6, 6.07) is 9.83. The van der Waals surface area contributed by atoms with Gasteiger partial charge in [0.1, 0.15) is 24.0 Å². The lowest BCUT2D eigenvalue weighted by atomic mass is 10.2. The third kappa shape index (κ3) is 5.98. The fraction of sp³-hybridized carbons (Fsp3) is 0.550. The zero-order valence-electron chi connectivity index (χ0n) is 16.2. The number of nitrogens with one attached hydrogen (secondary N) is 2. The van der Waals surface area contributed by atoms with Crippen LogP contribution in [0.5, 0.6) is 5.75 Å². The van der Waals surface area contributed by atoms with Crippen molar-refractivity contribution in [2.75, 3.05) is 26.7 Å². The van der Waals surface area contributed by atoms with E-state index in [9.17, 15) is 0 Å². The van der Waals surface area contributed by atoms with Crippen molar-refractivity contribution in [2.24, 2.45) is 4.99 Å².